The van der Waals surface area contributed by atoms with E-state index in [0.29, 0.717) is 17.3 Å². The number of thioether (sulfide) groups is 1. The Kier molecular flexibility index (Phi) is 6.36. The van der Waals surface area contributed by atoms with E-state index in [1.54, 1.807) is 16.4 Å². The summed E-state index contributed by atoms with van der Waals surface area (Å²) in [7, 11) is 1.86. The van der Waals surface area contributed by atoms with E-state index in [0.717, 1.165) is 17.1 Å². The topological polar surface area (TPSA) is 51.0 Å². The van der Waals surface area contributed by atoms with E-state index in [4.69, 9.17) is 12.2 Å². The molecule has 2 N–H and O–H groups in total. The molecule has 3 aromatic rings. The van der Waals surface area contributed by atoms with E-state index in [1.165, 1.54) is 4.90 Å². The number of para-hydroxylation sites is 1. The van der Waals surface area contributed by atoms with Crippen molar-refractivity contribution in [2.24, 2.45) is 7.05 Å². The number of hydrogen-bond donors (Lipinski definition) is 2. The van der Waals surface area contributed by atoms with Gasteiger partial charge in [-0.3, -0.25) is 9.48 Å². The van der Waals surface area contributed by atoms with Gasteiger partial charge in [-0.15, -0.1) is 11.8 Å². The van der Waals surface area contributed by atoms with Crippen LogP contribution in [0.2, 0.25) is 0 Å². The number of thiocarbonyl (C=S) groups is 1. The molecule has 1 heterocycles. The monoisotopic (exact) mass is 398 g/mol. The van der Waals surface area contributed by atoms with Crippen molar-refractivity contribution < 1.29 is 0 Å². The predicted molar refractivity (Wildman–Crippen MR) is 117 cm³/mol. The number of aromatic nitrogens is 2. The Labute approximate surface area is 168 Å². The van der Waals surface area contributed by atoms with Gasteiger partial charge in [0.1, 0.15) is 5.69 Å². The first-order chi connectivity index (χ1) is 13.1. The summed E-state index contributed by atoms with van der Waals surface area (Å²) in [6.45, 7) is 2.61. The maximum Gasteiger partial charge on any atom is 0.295 e. The first-order valence-corrected chi connectivity index (χ1v) is 10.0. The molecule has 0 spiro atoms. The van der Waals surface area contributed by atoms with Crippen molar-refractivity contribution in [3.8, 4) is 5.69 Å². The molecule has 0 radical (unpaired) electrons. The Balaban J connectivity index is 1.62. The van der Waals surface area contributed by atoms with Gasteiger partial charge in [0, 0.05) is 24.2 Å². The third-order valence-electron chi connectivity index (χ3n) is 4.19. The van der Waals surface area contributed by atoms with Gasteiger partial charge < -0.3 is 10.6 Å². The lowest BCUT2D eigenvalue weighted by molar-refractivity contribution is 0.630. The molecule has 27 heavy (non-hydrogen) atoms. The highest BCUT2D eigenvalue weighted by Gasteiger charge is 2.16. The average Bonchev–Trinajstić information content (AvgIpc) is 2.90. The highest BCUT2D eigenvalue weighted by atomic mass is 32.2. The molecule has 5 nitrogen and oxygen atoms in total. The number of hydrogen-bond acceptors (Lipinski definition) is 3. The Morgan fingerprint density at radius 2 is 1.70 bits per heavy atom. The smallest absolute Gasteiger partial charge is 0.295 e. The number of anilines is 1. The number of benzene rings is 2. The van der Waals surface area contributed by atoms with Crippen molar-refractivity contribution in [2.75, 3.05) is 17.6 Å². The molecule has 7 heteroatoms. The van der Waals surface area contributed by atoms with Gasteiger partial charge in [0.25, 0.3) is 5.56 Å². The van der Waals surface area contributed by atoms with Crippen LogP contribution >= 0.6 is 24.0 Å². The quantitative estimate of drug-likeness (QED) is 0.378. The SMILES string of the molecule is Cc1c(NC(=S)NCCSc2ccccc2)c(=O)n(-c2ccccc2)n1C. The molecule has 0 saturated carbocycles. The van der Waals surface area contributed by atoms with Crippen LogP contribution in [0.15, 0.2) is 70.4 Å². The molecule has 0 saturated heterocycles. The molecule has 0 fully saturated rings. The fourth-order valence-corrected chi connectivity index (χ4v) is 3.71. The van der Waals surface area contributed by atoms with Crippen molar-refractivity contribution in [2.45, 2.75) is 11.8 Å². The fourth-order valence-electron chi connectivity index (χ4n) is 2.72. The molecule has 0 aliphatic rings. The van der Waals surface area contributed by atoms with Gasteiger partial charge in [-0.1, -0.05) is 36.4 Å². The van der Waals surface area contributed by atoms with Gasteiger partial charge in [0.2, 0.25) is 0 Å². The Hall–Kier alpha value is -2.51. The Morgan fingerprint density at radius 1 is 1.07 bits per heavy atom. The average molecular weight is 399 g/mol. The van der Waals surface area contributed by atoms with Gasteiger partial charge in [-0.2, -0.15) is 0 Å². The van der Waals surface area contributed by atoms with Crippen molar-refractivity contribution in [3.05, 3.63) is 76.7 Å². The van der Waals surface area contributed by atoms with Crippen molar-refractivity contribution in [3.63, 3.8) is 0 Å². The van der Waals surface area contributed by atoms with Gasteiger partial charge >= 0.3 is 0 Å². The third kappa shape index (κ3) is 4.61. The van der Waals surface area contributed by atoms with E-state index in [2.05, 4.69) is 22.8 Å². The summed E-state index contributed by atoms with van der Waals surface area (Å²) in [5.74, 6) is 0.883. The summed E-state index contributed by atoms with van der Waals surface area (Å²) in [4.78, 5) is 14.1. The second kappa shape index (κ2) is 8.92. The van der Waals surface area contributed by atoms with Gasteiger partial charge in [0.15, 0.2) is 5.11 Å². The van der Waals surface area contributed by atoms with Crippen LogP contribution in [0.4, 0.5) is 5.69 Å². The third-order valence-corrected chi connectivity index (χ3v) is 5.45. The molecule has 0 aliphatic carbocycles. The zero-order chi connectivity index (χ0) is 19.2. The minimum Gasteiger partial charge on any atom is -0.362 e. The molecule has 0 amide bonds. The summed E-state index contributed by atoms with van der Waals surface area (Å²) >= 11 is 7.12. The molecule has 140 valence electrons. The molecule has 0 unspecified atom stereocenters. The Bertz CT molecular complexity index is 965. The van der Waals surface area contributed by atoms with Crippen LogP contribution in [0.1, 0.15) is 5.69 Å². The summed E-state index contributed by atoms with van der Waals surface area (Å²) in [5, 5.41) is 6.68. The van der Waals surface area contributed by atoms with Crippen molar-refractivity contribution >= 4 is 34.8 Å². The molecule has 2 aromatic carbocycles. The molecule has 3 rings (SSSR count). The zero-order valence-electron chi connectivity index (χ0n) is 15.3. The first kappa shape index (κ1) is 19.3. The van der Waals surface area contributed by atoms with Crippen LogP contribution in [0.5, 0.6) is 0 Å². The van der Waals surface area contributed by atoms with Crippen LogP contribution in [-0.2, 0) is 7.05 Å². The number of nitrogens with zero attached hydrogens (tertiary/aromatic N) is 2. The molecule has 0 atom stereocenters. The van der Waals surface area contributed by atoms with Crippen LogP contribution in [0.3, 0.4) is 0 Å². The standard InChI is InChI=1S/C20H22N4OS2/c1-15-18(19(25)24(23(15)2)16-9-5-3-6-10-16)22-20(26)21-13-14-27-17-11-7-4-8-12-17/h3-12H,13-14H2,1-2H3,(H2,21,22,26). The van der Waals surface area contributed by atoms with E-state index < -0.39 is 0 Å². The van der Waals surface area contributed by atoms with Crippen LogP contribution in [-0.4, -0.2) is 26.8 Å². The van der Waals surface area contributed by atoms with Gasteiger partial charge in [-0.05, 0) is 43.4 Å². The summed E-state index contributed by atoms with van der Waals surface area (Å²) in [5.41, 5.74) is 2.02. The van der Waals surface area contributed by atoms with Gasteiger partial charge in [-0.25, -0.2) is 4.68 Å². The molecule has 1 aromatic heterocycles. The lowest BCUT2D eigenvalue weighted by Crippen LogP contribution is -2.32. The molecular weight excluding hydrogens is 376 g/mol. The predicted octanol–water partition coefficient (Wildman–Crippen LogP) is 3.56. The van der Waals surface area contributed by atoms with Crippen molar-refractivity contribution in [1.29, 1.82) is 0 Å². The molecule has 0 aliphatic heterocycles. The highest BCUT2D eigenvalue weighted by molar-refractivity contribution is 7.99. The summed E-state index contributed by atoms with van der Waals surface area (Å²) in [6.07, 6.45) is 0. The maximum atomic E-state index is 12.8. The van der Waals surface area contributed by atoms with E-state index in [-0.39, 0.29) is 5.56 Å². The van der Waals surface area contributed by atoms with Crippen LogP contribution in [0, 0.1) is 6.92 Å². The Morgan fingerprint density at radius 3 is 2.37 bits per heavy atom. The van der Waals surface area contributed by atoms with Crippen LogP contribution in [0.25, 0.3) is 5.69 Å². The lowest BCUT2D eigenvalue weighted by Gasteiger charge is -2.09. The largest absolute Gasteiger partial charge is 0.362 e. The summed E-state index contributed by atoms with van der Waals surface area (Å²) < 4.78 is 3.46. The fraction of sp³-hybridized carbons (Fsp3) is 0.200. The van der Waals surface area contributed by atoms with Gasteiger partial charge in [0.05, 0.1) is 11.4 Å². The summed E-state index contributed by atoms with van der Waals surface area (Å²) in [6, 6.07) is 19.8. The van der Waals surface area contributed by atoms with E-state index >= 15 is 0 Å². The minimum absolute atomic E-state index is 0.121. The zero-order valence-corrected chi connectivity index (χ0v) is 16.9. The van der Waals surface area contributed by atoms with E-state index in [1.807, 2.05) is 67.2 Å². The maximum absolute atomic E-state index is 12.8. The lowest BCUT2D eigenvalue weighted by atomic mass is 10.3. The van der Waals surface area contributed by atoms with Crippen LogP contribution < -0.4 is 16.2 Å². The van der Waals surface area contributed by atoms with Crippen molar-refractivity contribution in [1.82, 2.24) is 14.7 Å². The highest BCUT2D eigenvalue weighted by Crippen LogP contribution is 2.16. The van der Waals surface area contributed by atoms with E-state index in [9.17, 15) is 4.79 Å². The minimum atomic E-state index is -0.121. The second-order valence-corrected chi connectivity index (χ2v) is 7.56. The second-order valence-electron chi connectivity index (χ2n) is 5.98. The number of nitrogens with one attached hydrogen (secondary N) is 2. The first-order valence-electron chi connectivity index (χ1n) is 8.64. The normalized spacial score (nSPS) is 10.6. The molecule has 0 bridgehead atoms. The molecular formula is C20H22N4OS2. The number of rotatable bonds is 6.